The lowest BCUT2D eigenvalue weighted by atomic mass is 10.1. The van der Waals surface area contributed by atoms with E-state index in [0.717, 1.165) is 0 Å². The lowest BCUT2D eigenvalue weighted by Crippen LogP contribution is -2.26. The van der Waals surface area contributed by atoms with Gasteiger partial charge in [-0.25, -0.2) is 0 Å². The Bertz CT molecular complexity index is 274. The van der Waals surface area contributed by atoms with E-state index in [1.54, 1.807) is 13.8 Å². The molecule has 1 amide bonds. The molecule has 1 unspecified atom stereocenters. The van der Waals surface area contributed by atoms with Gasteiger partial charge in [-0.3, -0.25) is 14.4 Å². The van der Waals surface area contributed by atoms with Gasteiger partial charge in [-0.1, -0.05) is 0 Å². The maximum Gasteiger partial charge on any atom is 0.318 e. The van der Waals surface area contributed by atoms with Gasteiger partial charge in [0.05, 0.1) is 6.61 Å². The monoisotopic (exact) mass is 199 g/mol. The molecule has 0 aromatic rings. The predicted octanol–water partition coefficient (Wildman–Crippen LogP) is -0.403. The molecule has 0 bridgehead atoms. The topological polar surface area (TPSA) is 63.7 Å². The Morgan fingerprint density at radius 1 is 1.50 bits per heavy atom. The van der Waals surface area contributed by atoms with Crippen molar-refractivity contribution < 1.29 is 19.1 Å². The van der Waals surface area contributed by atoms with Gasteiger partial charge >= 0.3 is 5.97 Å². The molecule has 0 N–H and O–H groups in total. The van der Waals surface area contributed by atoms with Crippen LogP contribution in [0.2, 0.25) is 0 Å². The quantitative estimate of drug-likeness (QED) is 0.352. The Balaban J connectivity index is 2.70. The van der Waals surface area contributed by atoms with E-state index >= 15 is 0 Å². The summed E-state index contributed by atoms with van der Waals surface area (Å²) in [4.78, 5) is 35.1. The molecule has 1 fully saturated rings. The molecule has 0 saturated carbocycles. The summed E-state index contributed by atoms with van der Waals surface area (Å²) in [6, 6.07) is 0. The van der Waals surface area contributed by atoms with Crippen LogP contribution in [-0.4, -0.2) is 42.3 Å². The highest BCUT2D eigenvalue weighted by Gasteiger charge is 2.43. The average Bonchev–Trinajstić information content (AvgIpc) is 2.44. The van der Waals surface area contributed by atoms with Gasteiger partial charge in [0.15, 0.2) is 0 Å². The molecule has 78 valence electrons. The van der Waals surface area contributed by atoms with Gasteiger partial charge in [0.1, 0.15) is 5.92 Å². The van der Waals surface area contributed by atoms with Crippen molar-refractivity contribution >= 4 is 17.7 Å². The summed E-state index contributed by atoms with van der Waals surface area (Å²) >= 11 is 0. The number of nitrogens with zero attached hydrogens (tertiary/aromatic N) is 1. The highest BCUT2D eigenvalue weighted by Crippen LogP contribution is 2.15. The molecule has 0 aromatic carbocycles. The molecule has 1 rings (SSSR count). The number of carbonyl (C=O) groups excluding carboxylic acids is 3. The Morgan fingerprint density at radius 3 is 2.57 bits per heavy atom. The molecule has 1 atom stereocenters. The number of esters is 1. The van der Waals surface area contributed by atoms with Gasteiger partial charge < -0.3 is 9.64 Å². The number of hydrogen-bond acceptors (Lipinski definition) is 4. The van der Waals surface area contributed by atoms with Crippen LogP contribution in [0.3, 0.4) is 0 Å². The number of likely N-dealkylation sites (N-methyl/N-ethyl adjacent to an activating group) is 1. The van der Waals surface area contributed by atoms with Crippen LogP contribution in [0.5, 0.6) is 0 Å². The van der Waals surface area contributed by atoms with Gasteiger partial charge in [-0.2, -0.15) is 0 Å². The van der Waals surface area contributed by atoms with Gasteiger partial charge in [0, 0.05) is 13.1 Å². The summed E-state index contributed by atoms with van der Waals surface area (Å²) in [6.45, 7) is 4.26. The molecule has 0 spiro atoms. The SMILES string of the molecule is CCOC(=O)C1CN(CC)C(=O)C1=O. The van der Waals surface area contributed by atoms with Crippen LogP contribution in [-0.2, 0) is 19.1 Å². The summed E-state index contributed by atoms with van der Waals surface area (Å²) in [6.07, 6.45) is 0. The second-order valence-electron chi connectivity index (χ2n) is 3.01. The van der Waals surface area contributed by atoms with Crippen LogP contribution in [0.4, 0.5) is 0 Å². The van der Waals surface area contributed by atoms with Crippen LogP contribution < -0.4 is 0 Å². The summed E-state index contributed by atoms with van der Waals surface area (Å²) in [5.74, 6) is -2.74. The van der Waals surface area contributed by atoms with Crippen LogP contribution in [0.25, 0.3) is 0 Å². The summed E-state index contributed by atoms with van der Waals surface area (Å²) in [7, 11) is 0. The summed E-state index contributed by atoms with van der Waals surface area (Å²) < 4.78 is 4.70. The number of amides is 1. The minimum Gasteiger partial charge on any atom is -0.465 e. The van der Waals surface area contributed by atoms with Crippen LogP contribution in [0, 0.1) is 5.92 Å². The van der Waals surface area contributed by atoms with E-state index in [2.05, 4.69) is 0 Å². The molecule has 5 nitrogen and oxygen atoms in total. The van der Waals surface area contributed by atoms with Crippen molar-refractivity contribution in [3.8, 4) is 0 Å². The molecule has 0 aromatic heterocycles. The van der Waals surface area contributed by atoms with Gasteiger partial charge in [0.2, 0.25) is 5.78 Å². The molecular formula is C9H13NO4. The highest BCUT2D eigenvalue weighted by molar-refractivity contribution is 6.42. The molecule has 14 heavy (non-hydrogen) atoms. The normalized spacial score (nSPS) is 21.6. The Labute approximate surface area is 82.0 Å². The molecule has 0 aliphatic carbocycles. The standard InChI is InChI=1S/C9H13NO4/c1-3-10-5-6(7(11)8(10)12)9(13)14-4-2/h6H,3-5H2,1-2H3. The van der Waals surface area contributed by atoms with Crippen molar-refractivity contribution in [2.24, 2.45) is 5.92 Å². The summed E-state index contributed by atoms with van der Waals surface area (Å²) in [5.41, 5.74) is 0. The lowest BCUT2D eigenvalue weighted by Gasteiger charge is -2.11. The third-order valence-electron chi connectivity index (χ3n) is 2.17. The number of likely N-dealkylation sites (tertiary alicyclic amines) is 1. The second kappa shape index (κ2) is 4.21. The lowest BCUT2D eigenvalue weighted by molar-refractivity contribution is -0.151. The Hall–Kier alpha value is -1.39. The van der Waals surface area contributed by atoms with E-state index in [1.165, 1.54) is 4.90 Å². The van der Waals surface area contributed by atoms with E-state index in [1.807, 2.05) is 0 Å². The zero-order valence-corrected chi connectivity index (χ0v) is 8.28. The van der Waals surface area contributed by atoms with E-state index in [-0.39, 0.29) is 13.2 Å². The van der Waals surface area contributed by atoms with Crippen molar-refractivity contribution in [2.45, 2.75) is 13.8 Å². The number of carbonyl (C=O) groups is 3. The molecule has 1 aliphatic rings. The maximum absolute atomic E-state index is 11.3. The van der Waals surface area contributed by atoms with Crippen molar-refractivity contribution in [3.63, 3.8) is 0 Å². The fourth-order valence-electron chi connectivity index (χ4n) is 1.39. The number of ketones is 1. The molecule has 1 aliphatic heterocycles. The first-order chi connectivity index (χ1) is 6.61. The summed E-state index contributed by atoms with van der Waals surface area (Å²) in [5, 5.41) is 0. The first-order valence-electron chi connectivity index (χ1n) is 4.61. The number of rotatable bonds is 3. The van der Waals surface area contributed by atoms with E-state index in [9.17, 15) is 14.4 Å². The van der Waals surface area contributed by atoms with E-state index in [4.69, 9.17) is 4.74 Å². The van der Waals surface area contributed by atoms with Gasteiger partial charge in [-0.05, 0) is 13.8 Å². The zero-order chi connectivity index (χ0) is 10.7. The molecule has 1 heterocycles. The fraction of sp³-hybridized carbons (Fsp3) is 0.667. The minimum atomic E-state index is -0.914. The highest BCUT2D eigenvalue weighted by atomic mass is 16.5. The largest absolute Gasteiger partial charge is 0.465 e. The third-order valence-corrected chi connectivity index (χ3v) is 2.17. The van der Waals surface area contributed by atoms with Gasteiger partial charge in [0.25, 0.3) is 5.91 Å². The second-order valence-corrected chi connectivity index (χ2v) is 3.01. The Kier molecular flexibility index (Phi) is 3.22. The van der Waals surface area contributed by atoms with Gasteiger partial charge in [-0.15, -0.1) is 0 Å². The number of Topliss-reactive ketones (excluding diaryl/α,β-unsaturated/α-hetero) is 1. The molecule has 1 saturated heterocycles. The minimum absolute atomic E-state index is 0.160. The molecule has 5 heteroatoms. The van der Waals surface area contributed by atoms with Crippen molar-refractivity contribution in [2.75, 3.05) is 19.7 Å². The van der Waals surface area contributed by atoms with Crippen LogP contribution >= 0.6 is 0 Å². The Morgan fingerprint density at radius 2 is 2.14 bits per heavy atom. The van der Waals surface area contributed by atoms with Crippen molar-refractivity contribution in [1.29, 1.82) is 0 Å². The first-order valence-corrected chi connectivity index (χ1v) is 4.61. The fourth-order valence-corrected chi connectivity index (χ4v) is 1.39. The van der Waals surface area contributed by atoms with E-state index in [0.29, 0.717) is 6.54 Å². The van der Waals surface area contributed by atoms with E-state index < -0.39 is 23.6 Å². The maximum atomic E-state index is 11.3. The predicted molar refractivity (Wildman–Crippen MR) is 47.4 cm³/mol. The number of ether oxygens (including phenoxy) is 1. The van der Waals surface area contributed by atoms with Crippen LogP contribution in [0.15, 0.2) is 0 Å². The number of hydrogen-bond donors (Lipinski definition) is 0. The zero-order valence-electron chi connectivity index (χ0n) is 8.28. The third kappa shape index (κ3) is 1.76. The van der Waals surface area contributed by atoms with Crippen molar-refractivity contribution in [3.05, 3.63) is 0 Å². The molecular weight excluding hydrogens is 186 g/mol. The first kappa shape index (κ1) is 10.7. The smallest absolute Gasteiger partial charge is 0.318 e. The molecule has 0 radical (unpaired) electrons. The van der Waals surface area contributed by atoms with Crippen molar-refractivity contribution in [1.82, 2.24) is 4.90 Å². The van der Waals surface area contributed by atoms with Crippen LogP contribution in [0.1, 0.15) is 13.8 Å². The average molecular weight is 199 g/mol.